The van der Waals surface area contributed by atoms with E-state index in [1.807, 2.05) is 6.07 Å². The summed E-state index contributed by atoms with van der Waals surface area (Å²) < 4.78 is 1.64. The zero-order valence-electron chi connectivity index (χ0n) is 14.8. The van der Waals surface area contributed by atoms with Gasteiger partial charge in [0.05, 0.1) is 11.9 Å². The minimum atomic E-state index is -0.650. The number of fused-ring (bicyclic) bond motifs is 1. The number of amides is 1. The number of nitrogens with zero attached hydrogens (tertiary/aromatic N) is 3. The standard InChI is InChI=1S/C16H14N4O4.C2H6O/c1-9-13(20-7-3-2-4-12(20)18-9)16(24)19-17-8-10-5-6-11(21)15(23)14(10)22;1-2-3/h2-8,21-23H,1H3,(H,19,24);3H,2H2,1H3/b17-8+;. The van der Waals surface area contributed by atoms with E-state index in [1.54, 1.807) is 36.6 Å². The van der Waals surface area contributed by atoms with Crippen molar-refractivity contribution in [1.29, 1.82) is 0 Å². The zero-order chi connectivity index (χ0) is 20.0. The van der Waals surface area contributed by atoms with Crippen LogP contribution in [0.3, 0.4) is 0 Å². The van der Waals surface area contributed by atoms with Crippen LogP contribution in [0.5, 0.6) is 17.2 Å². The Morgan fingerprint density at radius 3 is 2.63 bits per heavy atom. The number of phenolic OH excluding ortho intramolecular Hbond substituents is 3. The summed E-state index contributed by atoms with van der Waals surface area (Å²) in [4.78, 5) is 16.6. The third kappa shape index (κ3) is 4.33. The quantitative estimate of drug-likeness (QED) is 0.268. The van der Waals surface area contributed by atoms with E-state index >= 15 is 0 Å². The third-order valence-corrected chi connectivity index (χ3v) is 3.45. The van der Waals surface area contributed by atoms with Crippen LogP contribution < -0.4 is 5.43 Å². The van der Waals surface area contributed by atoms with E-state index in [4.69, 9.17) is 5.11 Å². The van der Waals surface area contributed by atoms with E-state index in [-0.39, 0.29) is 12.2 Å². The van der Waals surface area contributed by atoms with Crippen molar-refractivity contribution in [2.24, 2.45) is 5.10 Å². The second-order valence-electron chi connectivity index (χ2n) is 5.36. The van der Waals surface area contributed by atoms with Crippen LogP contribution in [-0.2, 0) is 0 Å². The predicted octanol–water partition coefficient (Wildman–Crippen LogP) is 1.52. The van der Waals surface area contributed by atoms with E-state index in [9.17, 15) is 20.1 Å². The van der Waals surface area contributed by atoms with Crippen molar-refractivity contribution in [3.05, 3.63) is 53.5 Å². The summed E-state index contributed by atoms with van der Waals surface area (Å²) in [6, 6.07) is 7.93. The maximum atomic E-state index is 12.3. The molecule has 9 nitrogen and oxygen atoms in total. The maximum Gasteiger partial charge on any atom is 0.290 e. The van der Waals surface area contributed by atoms with Gasteiger partial charge in [0.25, 0.3) is 5.91 Å². The van der Waals surface area contributed by atoms with E-state index in [1.165, 1.54) is 12.1 Å². The molecule has 3 aromatic rings. The van der Waals surface area contributed by atoms with Crippen LogP contribution in [0.15, 0.2) is 41.6 Å². The number of carbonyl (C=O) groups is 1. The van der Waals surface area contributed by atoms with Crippen molar-refractivity contribution >= 4 is 17.8 Å². The Balaban J connectivity index is 0.000000817. The maximum absolute atomic E-state index is 12.3. The molecule has 0 spiro atoms. The lowest BCUT2D eigenvalue weighted by Crippen LogP contribution is -2.20. The monoisotopic (exact) mass is 372 g/mol. The van der Waals surface area contributed by atoms with Gasteiger partial charge in [0, 0.05) is 18.4 Å². The second-order valence-corrected chi connectivity index (χ2v) is 5.36. The van der Waals surface area contributed by atoms with Gasteiger partial charge < -0.3 is 20.4 Å². The van der Waals surface area contributed by atoms with Gasteiger partial charge in [-0.3, -0.25) is 9.20 Å². The molecule has 0 saturated heterocycles. The average molecular weight is 372 g/mol. The van der Waals surface area contributed by atoms with Crippen LogP contribution >= 0.6 is 0 Å². The third-order valence-electron chi connectivity index (χ3n) is 3.45. The van der Waals surface area contributed by atoms with Crippen LogP contribution in [0.1, 0.15) is 28.7 Å². The number of benzene rings is 1. The van der Waals surface area contributed by atoms with Gasteiger partial charge >= 0.3 is 0 Å². The van der Waals surface area contributed by atoms with Crippen LogP contribution in [-0.4, -0.2) is 48.5 Å². The number of rotatable bonds is 3. The molecule has 0 saturated carbocycles. The van der Waals surface area contributed by atoms with E-state index < -0.39 is 23.2 Å². The van der Waals surface area contributed by atoms with Crippen molar-refractivity contribution in [3.8, 4) is 17.2 Å². The summed E-state index contributed by atoms with van der Waals surface area (Å²) in [7, 11) is 0. The number of aryl methyl sites for hydroxylation is 1. The highest BCUT2D eigenvalue weighted by Gasteiger charge is 2.15. The largest absolute Gasteiger partial charge is 0.504 e. The van der Waals surface area contributed by atoms with Gasteiger partial charge in [0.15, 0.2) is 11.5 Å². The number of hydrogen-bond acceptors (Lipinski definition) is 7. The number of aliphatic hydroxyl groups excluding tert-OH is 1. The van der Waals surface area contributed by atoms with Crippen molar-refractivity contribution in [1.82, 2.24) is 14.8 Å². The van der Waals surface area contributed by atoms with Crippen LogP contribution in [0.25, 0.3) is 5.65 Å². The molecule has 0 aliphatic heterocycles. The number of pyridine rings is 1. The molecule has 3 rings (SSSR count). The van der Waals surface area contributed by atoms with Crippen molar-refractivity contribution in [3.63, 3.8) is 0 Å². The predicted molar refractivity (Wildman–Crippen MR) is 99.2 cm³/mol. The van der Waals surface area contributed by atoms with Crippen LogP contribution in [0.2, 0.25) is 0 Å². The van der Waals surface area contributed by atoms with Crippen molar-refractivity contribution in [2.75, 3.05) is 6.61 Å². The molecule has 0 fully saturated rings. The molecule has 2 heterocycles. The summed E-state index contributed by atoms with van der Waals surface area (Å²) in [5.74, 6) is -2.10. The van der Waals surface area contributed by atoms with E-state index in [2.05, 4.69) is 15.5 Å². The van der Waals surface area contributed by atoms with Crippen LogP contribution in [0.4, 0.5) is 0 Å². The smallest absolute Gasteiger partial charge is 0.290 e. The molecule has 0 bridgehead atoms. The lowest BCUT2D eigenvalue weighted by molar-refractivity contribution is 0.0948. The minimum Gasteiger partial charge on any atom is -0.504 e. The summed E-state index contributed by atoms with van der Waals surface area (Å²) in [5.41, 5.74) is 4.03. The number of aromatic nitrogens is 2. The molecule has 0 aliphatic rings. The number of hydrazone groups is 1. The Kier molecular flexibility index (Phi) is 6.34. The van der Waals surface area contributed by atoms with E-state index in [0.29, 0.717) is 17.0 Å². The fourth-order valence-corrected chi connectivity index (χ4v) is 2.29. The molecule has 0 unspecified atom stereocenters. The van der Waals surface area contributed by atoms with Crippen molar-refractivity contribution < 1.29 is 25.2 Å². The number of aromatic hydroxyl groups is 3. The molecule has 142 valence electrons. The highest BCUT2D eigenvalue weighted by Crippen LogP contribution is 2.36. The fourth-order valence-electron chi connectivity index (χ4n) is 2.29. The van der Waals surface area contributed by atoms with Crippen LogP contribution in [0, 0.1) is 6.92 Å². The normalized spacial score (nSPS) is 10.6. The van der Waals surface area contributed by atoms with Gasteiger partial charge in [-0.1, -0.05) is 6.07 Å². The van der Waals surface area contributed by atoms with Gasteiger partial charge in [-0.05, 0) is 38.1 Å². The first kappa shape index (κ1) is 19.7. The molecule has 27 heavy (non-hydrogen) atoms. The Bertz CT molecular complexity index is 981. The molecule has 2 aromatic heterocycles. The number of nitrogens with one attached hydrogen (secondary N) is 1. The molecule has 1 amide bonds. The lowest BCUT2D eigenvalue weighted by Gasteiger charge is -2.04. The first-order valence-corrected chi connectivity index (χ1v) is 8.02. The summed E-state index contributed by atoms with van der Waals surface area (Å²) >= 11 is 0. The number of aliphatic hydroxyl groups is 1. The zero-order valence-corrected chi connectivity index (χ0v) is 14.8. The van der Waals surface area contributed by atoms with E-state index in [0.717, 1.165) is 6.21 Å². The highest BCUT2D eigenvalue weighted by atomic mass is 16.3. The number of phenols is 3. The Morgan fingerprint density at radius 2 is 1.93 bits per heavy atom. The molecule has 9 heteroatoms. The fraction of sp³-hybridized carbons (Fsp3) is 0.167. The van der Waals surface area contributed by atoms with Crippen molar-refractivity contribution in [2.45, 2.75) is 13.8 Å². The second kappa shape index (κ2) is 8.68. The number of carbonyl (C=O) groups excluding carboxylic acids is 1. The Hall–Kier alpha value is -3.59. The molecule has 0 radical (unpaired) electrons. The summed E-state index contributed by atoms with van der Waals surface area (Å²) in [6.45, 7) is 3.65. The first-order valence-electron chi connectivity index (χ1n) is 8.02. The van der Waals surface area contributed by atoms with Gasteiger partial charge in [-0.25, -0.2) is 10.4 Å². The minimum absolute atomic E-state index is 0.139. The number of imidazole rings is 1. The number of hydrogen-bond donors (Lipinski definition) is 5. The summed E-state index contributed by atoms with van der Waals surface area (Å²) in [5, 5.41) is 39.7. The van der Waals surface area contributed by atoms with Gasteiger partial charge in [0.1, 0.15) is 11.3 Å². The Morgan fingerprint density at radius 1 is 1.22 bits per heavy atom. The average Bonchev–Trinajstić information content (AvgIpc) is 2.98. The molecule has 1 aromatic carbocycles. The SMILES string of the molecule is CCO.Cc1nc2ccccn2c1C(=O)N/N=C/c1ccc(O)c(O)c1O. The van der Waals surface area contributed by atoms with Gasteiger partial charge in [-0.2, -0.15) is 5.10 Å². The molecular weight excluding hydrogens is 352 g/mol. The first-order chi connectivity index (χ1) is 12.9. The highest BCUT2D eigenvalue weighted by molar-refractivity contribution is 5.95. The summed E-state index contributed by atoms with van der Waals surface area (Å²) in [6.07, 6.45) is 2.88. The molecule has 0 atom stereocenters. The molecular formula is C18H20N4O5. The molecule has 5 N–H and O–H groups in total. The van der Waals surface area contributed by atoms with Gasteiger partial charge in [-0.15, -0.1) is 0 Å². The molecule has 0 aliphatic carbocycles. The van der Waals surface area contributed by atoms with Gasteiger partial charge in [0.2, 0.25) is 5.75 Å². The Labute approximate surface area is 154 Å². The lowest BCUT2D eigenvalue weighted by atomic mass is 10.2. The topological polar surface area (TPSA) is 140 Å².